The first-order valence-electron chi connectivity index (χ1n) is 9.94. The molecule has 2 aromatic rings. The summed E-state index contributed by atoms with van der Waals surface area (Å²) in [5.41, 5.74) is 5.62. The first-order chi connectivity index (χ1) is 14.2. The number of imidazole rings is 1. The van der Waals surface area contributed by atoms with Crippen molar-refractivity contribution in [1.29, 1.82) is 0 Å². The van der Waals surface area contributed by atoms with Gasteiger partial charge in [0, 0.05) is 12.1 Å². The molecule has 5 atom stereocenters. The molecule has 2 aromatic heterocycles. The second-order valence-electron chi connectivity index (χ2n) is 7.49. The van der Waals surface area contributed by atoms with Crippen molar-refractivity contribution in [1.82, 2.24) is 19.5 Å². The van der Waals surface area contributed by atoms with E-state index in [1.807, 2.05) is 27.7 Å². The number of aliphatic hydroxyl groups excluding tert-OH is 2. The zero-order chi connectivity index (χ0) is 22.5. The van der Waals surface area contributed by atoms with Crippen molar-refractivity contribution in [2.45, 2.75) is 70.5 Å². The van der Waals surface area contributed by atoms with Crippen LogP contribution in [0.3, 0.4) is 0 Å². The number of aliphatic hydroxyl groups is 2. The smallest absolute Gasteiger partial charge is 0.223 e. The van der Waals surface area contributed by atoms with Gasteiger partial charge in [-0.25, -0.2) is 4.98 Å². The van der Waals surface area contributed by atoms with Crippen LogP contribution in [0.2, 0.25) is 5.15 Å². The van der Waals surface area contributed by atoms with Crippen molar-refractivity contribution in [3.05, 3.63) is 11.5 Å². The molecule has 0 saturated carbocycles. The molecule has 170 valence electrons. The van der Waals surface area contributed by atoms with Crippen LogP contribution in [0.4, 0.5) is 5.95 Å². The van der Waals surface area contributed by atoms with Gasteiger partial charge in [0.1, 0.15) is 11.6 Å². The van der Waals surface area contributed by atoms with Crippen molar-refractivity contribution in [2.75, 3.05) is 18.9 Å². The van der Waals surface area contributed by atoms with Gasteiger partial charge in [-0.05, 0) is 19.8 Å². The molecule has 0 aromatic carbocycles. The molecule has 0 fully saturated rings. The molecule has 0 aliphatic heterocycles. The lowest BCUT2D eigenvalue weighted by Gasteiger charge is -2.31. The average Bonchev–Trinajstić information content (AvgIpc) is 3.13. The van der Waals surface area contributed by atoms with Crippen LogP contribution in [-0.2, 0) is 13.8 Å². The predicted molar refractivity (Wildman–Crippen MR) is 116 cm³/mol. The zero-order valence-electron chi connectivity index (χ0n) is 17.7. The molecule has 12 heteroatoms. The number of hydrogen-bond acceptors (Lipinski definition) is 9. The number of aromatic nitrogens is 4. The third-order valence-electron chi connectivity index (χ3n) is 5.22. The summed E-state index contributed by atoms with van der Waals surface area (Å²) in [7, 11) is -2.19. The molecular formula is C18H31ClN5O5P. The van der Waals surface area contributed by atoms with Gasteiger partial charge >= 0.3 is 0 Å². The number of hydrogen-bond donors (Lipinski definition) is 3. The molecule has 0 bridgehead atoms. The summed E-state index contributed by atoms with van der Waals surface area (Å²) in [6.07, 6.45) is 1.02. The van der Waals surface area contributed by atoms with E-state index in [-0.39, 0.29) is 29.0 Å². The molecule has 10 nitrogen and oxygen atoms in total. The normalized spacial score (nSPS) is 18.1. The summed E-state index contributed by atoms with van der Waals surface area (Å²) in [5, 5.41) is 19.9. The van der Waals surface area contributed by atoms with Crippen LogP contribution >= 0.6 is 19.6 Å². The Morgan fingerprint density at radius 2 is 2.10 bits per heavy atom. The van der Waals surface area contributed by atoms with Crippen molar-refractivity contribution in [3.8, 4) is 0 Å². The van der Waals surface area contributed by atoms with Gasteiger partial charge in [-0.3, -0.25) is 9.13 Å². The van der Waals surface area contributed by atoms with Gasteiger partial charge in [-0.15, -0.1) is 0 Å². The molecule has 0 aliphatic rings. The highest BCUT2D eigenvalue weighted by Crippen LogP contribution is 2.39. The number of nitrogens with two attached hydrogens (primary N) is 1. The van der Waals surface area contributed by atoms with Crippen LogP contribution in [0.25, 0.3) is 11.2 Å². The van der Waals surface area contributed by atoms with Gasteiger partial charge in [0.15, 0.2) is 25.1 Å². The molecular weight excluding hydrogens is 433 g/mol. The Morgan fingerprint density at radius 3 is 2.70 bits per heavy atom. The molecule has 0 saturated heterocycles. The highest BCUT2D eigenvalue weighted by Gasteiger charge is 2.30. The molecule has 2 heterocycles. The maximum atomic E-state index is 12.4. The van der Waals surface area contributed by atoms with E-state index in [0.29, 0.717) is 18.4 Å². The number of nitrogen functional groups attached to an aromatic ring is 1. The van der Waals surface area contributed by atoms with Crippen LogP contribution < -0.4 is 5.73 Å². The van der Waals surface area contributed by atoms with Gasteiger partial charge < -0.3 is 25.2 Å². The van der Waals surface area contributed by atoms with Gasteiger partial charge in [0.25, 0.3) is 0 Å². The fourth-order valence-electron chi connectivity index (χ4n) is 2.76. The van der Waals surface area contributed by atoms with Crippen molar-refractivity contribution >= 4 is 36.7 Å². The largest absolute Gasteiger partial charge is 0.394 e. The summed E-state index contributed by atoms with van der Waals surface area (Å²) in [6, 6.07) is 0. The molecule has 4 N–H and O–H groups in total. The van der Waals surface area contributed by atoms with E-state index in [1.165, 1.54) is 10.9 Å². The molecule has 4 unspecified atom stereocenters. The summed E-state index contributed by atoms with van der Waals surface area (Å²) < 4.78 is 25.6. The maximum Gasteiger partial charge on any atom is 0.223 e. The standard InChI is InChI=1S/C18H31ClN5O5P/c1-5-11(3)30(27)29-18(4,6-2)7-8-28-16(12(26)9-25)24-10-21-13-14(19)22-17(20)23-15(13)24/h10-12,16,25-26,30H,5-9H2,1-4H3,(H2,20,22,23)/t11?,12-,16?,18?/m1/s1. The minimum absolute atomic E-state index is 0.00189. The van der Waals surface area contributed by atoms with Crippen LogP contribution in [0.1, 0.15) is 53.2 Å². The number of ether oxygens (including phenoxy) is 1. The Hall–Kier alpha value is -1.29. The lowest BCUT2D eigenvalue weighted by atomic mass is 10.0. The molecule has 0 amide bonds. The van der Waals surface area contributed by atoms with Gasteiger partial charge in [-0.2, -0.15) is 9.97 Å². The van der Waals surface area contributed by atoms with Crippen LogP contribution in [0, 0.1) is 0 Å². The van der Waals surface area contributed by atoms with E-state index in [4.69, 9.17) is 26.6 Å². The first-order valence-corrected chi connectivity index (χ1v) is 11.7. The number of halogens is 1. The molecule has 2 rings (SSSR count). The molecule has 30 heavy (non-hydrogen) atoms. The monoisotopic (exact) mass is 463 g/mol. The van der Waals surface area contributed by atoms with E-state index < -0.39 is 32.6 Å². The topological polar surface area (TPSA) is 146 Å². The van der Waals surface area contributed by atoms with Gasteiger partial charge in [0.05, 0.1) is 25.1 Å². The highest BCUT2D eigenvalue weighted by molar-refractivity contribution is 7.40. The number of fused-ring (bicyclic) bond motifs is 1. The van der Waals surface area contributed by atoms with Crippen molar-refractivity contribution in [3.63, 3.8) is 0 Å². The summed E-state index contributed by atoms with van der Waals surface area (Å²) in [4.78, 5) is 12.1. The van der Waals surface area contributed by atoms with Gasteiger partial charge in [-0.1, -0.05) is 32.4 Å². The second-order valence-corrected chi connectivity index (χ2v) is 9.68. The van der Waals surface area contributed by atoms with E-state index in [9.17, 15) is 14.8 Å². The lowest BCUT2D eigenvalue weighted by molar-refractivity contribution is -0.105. The summed E-state index contributed by atoms with van der Waals surface area (Å²) >= 11 is 6.06. The lowest BCUT2D eigenvalue weighted by Crippen LogP contribution is -2.33. The molecule has 0 spiro atoms. The third-order valence-corrected chi connectivity index (χ3v) is 7.39. The highest BCUT2D eigenvalue weighted by atomic mass is 35.5. The van der Waals surface area contributed by atoms with Gasteiger partial charge in [0.2, 0.25) is 5.95 Å². The van der Waals surface area contributed by atoms with E-state index in [0.717, 1.165) is 6.42 Å². The minimum atomic E-state index is -2.19. The van der Waals surface area contributed by atoms with E-state index in [1.54, 1.807) is 0 Å². The second kappa shape index (κ2) is 10.8. The minimum Gasteiger partial charge on any atom is -0.394 e. The summed E-state index contributed by atoms with van der Waals surface area (Å²) in [6.45, 7) is 7.36. The van der Waals surface area contributed by atoms with Crippen LogP contribution in [0.5, 0.6) is 0 Å². The number of rotatable bonds is 12. The maximum absolute atomic E-state index is 12.4. The van der Waals surface area contributed by atoms with Crippen molar-refractivity contribution < 1.29 is 24.0 Å². The van der Waals surface area contributed by atoms with Crippen LogP contribution in [0.15, 0.2) is 6.33 Å². The first kappa shape index (κ1) is 25.0. The summed E-state index contributed by atoms with van der Waals surface area (Å²) in [5.74, 6) is -0.0476. The Labute approximate surface area is 181 Å². The molecule has 0 radical (unpaired) electrons. The molecule has 0 aliphatic carbocycles. The quantitative estimate of drug-likeness (QED) is 0.319. The zero-order valence-corrected chi connectivity index (χ0v) is 19.5. The average molecular weight is 464 g/mol. The van der Waals surface area contributed by atoms with Crippen molar-refractivity contribution in [2.24, 2.45) is 0 Å². The van der Waals surface area contributed by atoms with E-state index in [2.05, 4.69) is 15.0 Å². The predicted octanol–water partition coefficient (Wildman–Crippen LogP) is 2.78. The Bertz CT molecular complexity index is 869. The van der Waals surface area contributed by atoms with E-state index >= 15 is 0 Å². The Morgan fingerprint density at radius 1 is 1.40 bits per heavy atom. The fraction of sp³-hybridized carbons (Fsp3) is 0.722. The SMILES string of the molecule is CCC(C)[PH](=O)OC(C)(CC)CCOC([C@H](O)CO)n1cnc2c(Cl)nc(N)nc21. The third kappa shape index (κ3) is 5.90. The number of nitrogens with zero attached hydrogens (tertiary/aromatic N) is 4. The Balaban J connectivity index is 2.17. The number of anilines is 1. The van der Waals surface area contributed by atoms with Crippen LogP contribution in [-0.4, -0.2) is 60.3 Å². The Kier molecular flexibility index (Phi) is 9.02. The fourth-order valence-corrected chi connectivity index (χ4v) is 4.24.